The Morgan fingerprint density at radius 1 is 1.11 bits per heavy atom. The summed E-state index contributed by atoms with van der Waals surface area (Å²) in [5.74, 6) is 0.696. The van der Waals surface area contributed by atoms with Gasteiger partial charge in [-0.2, -0.15) is 5.10 Å². The summed E-state index contributed by atoms with van der Waals surface area (Å²) in [6.07, 6.45) is 0. The van der Waals surface area contributed by atoms with Gasteiger partial charge < -0.3 is 5.11 Å². The normalized spacial score (nSPS) is 11.5. The maximum absolute atomic E-state index is 10.3. The highest BCUT2D eigenvalue weighted by atomic mass is 16.3. The SMILES string of the molecule is Cc1c(O)c(-c2ccccc2C(C)C)nn1C(C)C. The van der Waals surface area contributed by atoms with E-state index in [0.717, 1.165) is 11.3 Å². The van der Waals surface area contributed by atoms with Crippen molar-refractivity contribution in [2.24, 2.45) is 0 Å². The average molecular weight is 258 g/mol. The van der Waals surface area contributed by atoms with Crippen molar-refractivity contribution >= 4 is 0 Å². The second kappa shape index (κ2) is 5.08. The molecule has 1 N–H and O–H groups in total. The Morgan fingerprint density at radius 2 is 1.74 bits per heavy atom. The van der Waals surface area contributed by atoms with E-state index < -0.39 is 0 Å². The van der Waals surface area contributed by atoms with E-state index >= 15 is 0 Å². The zero-order chi connectivity index (χ0) is 14.2. The molecule has 0 amide bonds. The predicted molar refractivity (Wildman–Crippen MR) is 78.5 cm³/mol. The van der Waals surface area contributed by atoms with Gasteiger partial charge in [0.05, 0.1) is 5.69 Å². The van der Waals surface area contributed by atoms with Crippen molar-refractivity contribution in [3.8, 4) is 17.0 Å². The fourth-order valence-corrected chi connectivity index (χ4v) is 2.41. The minimum absolute atomic E-state index is 0.242. The molecule has 0 unspecified atom stereocenters. The van der Waals surface area contributed by atoms with E-state index in [1.54, 1.807) is 0 Å². The summed E-state index contributed by atoms with van der Waals surface area (Å²) in [5.41, 5.74) is 3.75. The molecule has 0 atom stereocenters. The molecule has 2 rings (SSSR count). The Hall–Kier alpha value is -1.77. The van der Waals surface area contributed by atoms with E-state index in [-0.39, 0.29) is 6.04 Å². The van der Waals surface area contributed by atoms with Gasteiger partial charge >= 0.3 is 0 Å². The largest absolute Gasteiger partial charge is 0.504 e. The van der Waals surface area contributed by atoms with Crippen LogP contribution in [0.15, 0.2) is 24.3 Å². The average Bonchev–Trinajstić information content (AvgIpc) is 2.66. The molecule has 0 aliphatic heterocycles. The molecule has 1 heterocycles. The summed E-state index contributed by atoms with van der Waals surface area (Å²) in [4.78, 5) is 0. The molecule has 0 bridgehead atoms. The maximum Gasteiger partial charge on any atom is 0.164 e. The quantitative estimate of drug-likeness (QED) is 0.892. The molecule has 3 nitrogen and oxygen atoms in total. The number of hydrogen-bond acceptors (Lipinski definition) is 2. The Bertz CT molecular complexity index is 582. The smallest absolute Gasteiger partial charge is 0.164 e. The van der Waals surface area contributed by atoms with E-state index in [1.807, 2.05) is 29.8 Å². The van der Waals surface area contributed by atoms with Crippen LogP contribution in [0.5, 0.6) is 5.75 Å². The van der Waals surface area contributed by atoms with Crippen molar-refractivity contribution in [3.63, 3.8) is 0 Å². The Kier molecular flexibility index (Phi) is 3.65. The fourth-order valence-electron chi connectivity index (χ4n) is 2.41. The van der Waals surface area contributed by atoms with E-state index in [9.17, 15) is 5.11 Å². The molecule has 2 aromatic rings. The van der Waals surface area contributed by atoms with Crippen LogP contribution < -0.4 is 0 Å². The first-order chi connectivity index (χ1) is 8.93. The highest BCUT2D eigenvalue weighted by Crippen LogP contribution is 2.36. The molecule has 0 aliphatic rings. The van der Waals surface area contributed by atoms with Crippen LogP contribution in [0, 0.1) is 6.92 Å². The molecular formula is C16H22N2O. The molecule has 19 heavy (non-hydrogen) atoms. The van der Waals surface area contributed by atoms with Crippen LogP contribution >= 0.6 is 0 Å². The minimum atomic E-state index is 0.242. The molecule has 0 saturated heterocycles. The summed E-state index contributed by atoms with van der Waals surface area (Å²) in [7, 11) is 0. The molecule has 0 saturated carbocycles. The van der Waals surface area contributed by atoms with Gasteiger partial charge in [0.2, 0.25) is 0 Å². The summed E-state index contributed by atoms with van der Waals surface area (Å²) in [6.45, 7) is 10.4. The maximum atomic E-state index is 10.3. The van der Waals surface area contributed by atoms with Crippen molar-refractivity contribution in [2.75, 3.05) is 0 Å². The monoisotopic (exact) mass is 258 g/mol. The first-order valence-corrected chi connectivity index (χ1v) is 6.80. The number of aromatic hydroxyl groups is 1. The van der Waals surface area contributed by atoms with E-state index in [0.29, 0.717) is 17.4 Å². The molecule has 1 aromatic carbocycles. The Balaban J connectivity index is 2.63. The second-order valence-electron chi connectivity index (χ2n) is 5.56. The molecule has 102 valence electrons. The van der Waals surface area contributed by atoms with Crippen molar-refractivity contribution in [1.82, 2.24) is 9.78 Å². The third-order valence-electron chi connectivity index (χ3n) is 3.45. The van der Waals surface area contributed by atoms with Gasteiger partial charge in [-0.05, 0) is 32.3 Å². The minimum Gasteiger partial charge on any atom is -0.504 e. The number of aromatic nitrogens is 2. The second-order valence-corrected chi connectivity index (χ2v) is 5.56. The molecular weight excluding hydrogens is 236 g/mol. The predicted octanol–water partition coefficient (Wildman–Crippen LogP) is 4.27. The third kappa shape index (κ3) is 2.37. The van der Waals surface area contributed by atoms with Gasteiger partial charge in [-0.3, -0.25) is 4.68 Å². The van der Waals surface area contributed by atoms with Gasteiger partial charge in [0.25, 0.3) is 0 Å². The first-order valence-electron chi connectivity index (χ1n) is 6.80. The van der Waals surface area contributed by atoms with Crippen LogP contribution in [0.2, 0.25) is 0 Å². The highest BCUT2D eigenvalue weighted by molar-refractivity contribution is 5.70. The fraction of sp³-hybridized carbons (Fsp3) is 0.438. The standard InChI is InChI=1S/C16H22N2O/c1-10(2)13-8-6-7-9-14(13)15-16(19)12(5)18(17-15)11(3)4/h6-11,19H,1-5H3. The molecule has 0 aliphatic carbocycles. The zero-order valence-corrected chi connectivity index (χ0v) is 12.3. The van der Waals surface area contributed by atoms with Crippen molar-refractivity contribution in [3.05, 3.63) is 35.5 Å². The van der Waals surface area contributed by atoms with Crippen LogP contribution in [0.25, 0.3) is 11.3 Å². The van der Waals surface area contributed by atoms with Crippen molar-refractivity contribution in [1.29, 1.82) is 0 Å². The zero-order valence-electron chi connectivity index (χ0n) is 12.3. The van der Waals surface area contributed by atoms with Gasteiger partial charge in [-0.15, -0.1) is 0 Å². The number of rotatable bonds is 3. The van der Waals surface area contributed by atoms with Gasteiger partial charge in [0.15, 0.2) is 5.75 Å². The van der Waals surface area contributed by atoms with Crippen LogP contribution in [0.4, 0.5) is 0 Å². The molecule has 0 radical (unpaired) electrons. The van der Waals surface area contributed by atoms with Gasteiger partial charge in [-0.25, -0.2) is 0 Å². The number of benzene rings is 1. The van der Waals surface area contributed by atoms with Gasteiger partial charge in [0, 0.05) is 11.6 Å². The van der Waals surface area contributed by atoms with E-state index in [1.165, 1.54) is 5.56 Å². The van der Waals surface area contributed by atoms with Crippen molar-refractivity contribution in [2.45, 2.75) is 46.6 Å². The lowest BCUT2D eigenvalue weighted by atomic mass is 9.95. The van der Waals surface area contributed by atoms with Crippen LogP contribution in [-0.4, -0.2) is 14.9 Å². The Morgan fingerprint density at radius 3 is 2.26 bits per heavy atom. The number of nitrogens with zero attached hydrogens (tertiary/aromatic N) is 2. The van der Waals surface area contributed by atoms with Crippen molar-refractivity contribution < 1.29 is 5.11 Å². The lowest BCUT2D eigenvalue weighted by molar-refractivity contribution is 0.461. The summed E-state index contributed by atoms with van der Waals surface area (Å²) >= 11 is 0. The number of hydrogen-bond donors (Lipinski definition) is 1. The summed E-state index contributed by atoms with van der Waals surface area (Å²) in [6, 6.07) is 8.39. The molecule has 0 spiro atoms. The van der Waals surface area contributed by atoms with E-state index in [4.69, 9.17) is 0 Å². The lowest BCUT2D eigenvalue weighted by Crippen LogP contribution is -2.04. The third-order valence-corrected chi connectivity index (χ3v) is 3.45. The van der Waals surface area contributed by atoms with Crippen LogP contribution in [0.3, 0.4) is 0 Å². The van der Waals surface area contributed by atoms with E-state index in [2.05, 4.69) is 38.9 Å². The van der Waals surface area contributed by atoms with Crippen LogP contribution in [-0.2, 0) is 0 Å². The lowest BCUT2D eigenvalue weighted by Gasteiger charge is -2.11. The summed E-state index contributed by atoms with van der Waals surface area (Å²) < 4.78 is 1.88. The molecule has 1 aromatic heterocycles. The van der Waals surface area contributed by atoms with Gasteiger partial charge in [0.1, 0.15) is 5.69 Å². The summed E-state index contributed by atoms with van der Waals surface area (Å²) in [5, 5.41) is 14.9. The topological polar surface area (TPSA) is 38.1 Å². The molecule has 3 heteroatoms. The van der Waals surface area contributed by atoms with Gasteiger partial charge in [-0.1, -0.05) is 38.1 Å². The van der Waals surface area contributed by atoms with Crippen LogP contribution in [0.1, 0.15) is 50.9 Å². The molecule has 0 fully saturated rings. The Labute approximate surface area is 114 Å². The highest BCUT2D eigenvalue weighted by Gasteiger charge is 2.19. The first kappa shape index (κ1) is 13.7.